The first-order valence-corrected chi connectivity index (χ1v) is 10.8. The molecule has 1 unspecified atom stereocenters. The number of fused-ring (bicyclic) bond motifs is 2. The average molecular weight is 450 g/mol. The van der Waals surface area contributed by atoms with Crippen LogP contribution in [-0.2, 0) is 4.74 Å². The summed E-state index contributed by atoms with van der Waals surface area (Å²) in [5, 5.41) is 2.72. The molecule has 5 aromatic rings. The predicted molar refractivity (Wildman–Crippen MR) is 130 cm³/mol. The minimum absolute atomic E-state index is 0.439. The quantitative estimate of drug-likeness (QED) is 0.307. The molecule has 0 saturated carbocycles. The highest BCUT2D eigenvalue weighted by atomic mass is 16.5. The number of carbonyl (C=O) groups is 1. The molecule has 0 fully saturated rings. The van der Waals surface area contributed by atoms with Crippen molar-refractivity contribution in [3.05, 3.63) is 108 Å². The number of benzene rings is 4. The lowest BCUT2D eigenvalue weighted by molar-refractivity contribution is 0.0376. The Morgan fingerprint density at radius 2 is 1.47 bits per heavy atom. The monoisotopic (exact) mass is 450 g/mol. The summed E-state index contributed by atoms with van der Waals surface area (Å²) in [5.74, 6) is 0.658. The number of methoxy groups -OCH3 is 2. The first-order chi connectivity index (χ1) is 16.7. The molecule has 1 atom stereocenters. The number of carbonyl (C=O) groups excluding carboxylic acids is 1. The molecular weight excluding hydrogens is 428 g/mol. The fraction of sp³-hybridized carbons (Fsp3) is 0.107. The summed E-state index contributed by atoms with van der Waals surface area (Å²) in [6, 6.07) is 26.5. The number of rotatable bonds is 6. The number of nitrogens with zero attached hydrogens (tertiary/aromatic N) is 2. The Balaban J connectivity index is 1.73. The van der Waals surface area contributed by atoms with Crippen LogP contribution in [0.3, 0.4) is 0 Å². The SMILES string of the molecule is COc1cc2ncnc(C(OC(=O)c3ccccc3)c3cccc4ccccc34)c2cc1OC. The largest absolute Gasteiger partial charge is 0.493 e. The molecule has 6 heteroatoms. The average Bonchev–Trinajstić information content (AvgIpc) is 2.90. The molecule has 0 amide bonds. The van der Waals surface area contributed by atoms with E-state index >= 15 is 0 Å². The molecule has 0 radical (unpaired) electrons. The van der Waals surface area contributed by atoms with E-state index in [1.165, 1.54) is 6.33 Å². The van der Waals surface area contributed by atoms with Gasteiger partial charge in [0, 0.05) is 17.0 Å². The molecule has 0 spiro atoms. The number of ether oxygens (including phenoxy) is 3. The van der Waals surface area contributed by atoms with E-state index in [1.807, 2.05) is 54.6 Å². The maximum absolute atomic E-state index is 13.2. The van der Waals surface area contributed by atoms with Gasteiger partial charge in [0.1, 0.15) is 6.33 Å². The summed E-state index contributed by atoms with van der Waals surface area (Å²) >= 11 is 0. The molecule has 0 aliphatic heterocycles. The zero-order valence-corrected chi connectivity index (χ0v) is 18.8. The van der Waals surface area contributed by atoms with Crippen molar-refractivity contribution in [2.24, 2.45) is 0 Å². The number of hydrogen-bond donors (Lipinski definition) is 0. The van der Waals surface area contributed by atoms with Crippen molar-refractivity contribution in [3.63, 3.8) is 0 Å². The van der Waals surface area contributed by atoms with E-state index in [2.05, 4.69) is 9.97 Å². The van der Waals surface area contributed by atoms with Crippen LogP contribution in [0.4, 0.5) is 0 Å². The molecular formula is C28H22N2O4. The lowest BCUT2D eigenvalue weighted by Gasteiger charge is -2.21. The molecule has 0 aliphatic carbocycles. The molecule has 0 N–H and O–H groups in total. The topological polar surface area (TPSA) is 70.5 Å². The van der Waals surface area contributed by atoms with E-state index in [0.29, 0.717) is 33.7 Å². The number of esters is 1. The van der Waals surface area contributed by atoms with Crippen LogP contribution in [0, 0.1) is 0 Å². The van der Waals surface area contributed by atoms with E-state index in [4.69, 9.17) is 14.2 Å². The third kappa shape index (κ3) is 3.90. The molecule has 0 aliphatic rings. The zero-order valence-electron chi connectivity index (χ0n) is 18.8. The molecule has 6 nitrogen and oxygen atoms in total. The van der Waals surface area contributed by atoms with Gasteiger partial charge in [-0.05, 0) is 29.0 Å². The van der Waals surface area contributed by atoms with Gasteiger partial charge < -0.3 is 14.2 Å². The van der Waals surface area contributed by atoms with Crippen molar-refractivity contribution in [2.45, 2.75) is 6.10 Å². The lowest BCUT2D eigenvalue weighted by Crippen LogP contribution is -2.15. The van der Waals surface area contributed by atoms with Crippen LogP contribution in [0.1, 0.15) is 27.7 Å². The number of hydrogen-bond acceptors (Lipinski definition) is 6. The predicted octanol–water partition coefficient (Wildman–Crippen LogP) is 5.75. The van der Waals surface area contributed by atoms with Crippen molar-refractivity contribution in [3.8, 4) is 11.5 Å². The highest BCUT2D eigenvalue weighted by molar-refractivity contribution is 5.92. The number of aromatic nitrogens is 2. The molecule has 168 valence electrons. The standard InChI is InChI=1S/C28H22N2O4/c1-32-24-15-22-23(16-25(24)33-2)29-17-30-26(22)27(34-28(31)19-10-4-3-5-11-19)21-14-8-12-18-9-6-7-13-20(18)21/h3-17,27H,1-2H3. The van der Waals surface area contributed by atoms with Gasteiger partial charge in [0.15, 0.2) is 17.6 Å². The smallest absolute Gasteiger partial charge is 0.339 e. The maximum Gasteiger partial charge on any atom is 0.339 e. The Labute approximate surface area is 196 Å². The van der Waals surface area contributed by atoms with Crippen molar-refractivity contribution in [1.82, 2.24) is 9.97 Å². The molecule has 0 saturated heterocycles. The highest BCUT2D eigenvalue weighted by Crippen LogP contribution is 2.38. The second-order valence-corrected chi connectivity index (χ2v) is 7.70. The van der Waals surface area contributed by atoms with Crippen LogP contribution in [0.25, 0.3) is 21.7 Å². The van der Waals surface area contributed by atoms with E-state index < -0.39 is 12.1 Å². The third-order valence-corrected chi connectivity index (χ3v) is 5.76. The summed E-state index contributed by atoms with van der Waals surface area (Å²) in [6.07, 6.45) is 0.695. The van der Waals surface area contributed by atoms with E-state index in [9.17, 15) is 4.79 Å². The normalized spacial score (nSPS) is 11.8. The second kappa shape index (κ2) is 9.19. The maximum atomic E-state index is 13.2. The molecule has 34 heavy (non-hydrogen) atoms. The summed E-state index contributed by atoms with van der Waals surface area (Å²) in [4.78, 5) is 22.2. The van der Waals surface area contributed by atoms with Crippen molar-refractivity contribution in [1.29, 1.82) is 0 Å². The Morgan fingerprint density at radius 3 is 2.26 bits per heavy atom. The van der Waals surface area contributed by atoms with Crippen LogP contribution >= 0.6 is 0 Å². The molecule has 1 aromatic heterocycles. The van der Waals surface area contributed by atoms with Crippen LogP contribution in [0.15, 0.2) is 91.3 Å². The van der Waals surface area contributed by atoms with E-state index in [1.54, 1.807) is 44.6 Å². The second-order valence-electron chi connectivity index (χ2n) is 7.70. The van der Waals surface area contributed by atoms with Gasteiger partial charge in [0.05, 0.1) is 31.0 Å². The lowest BCUT2D eigenvalue weighted by atomic mass is 9.96. The molecule has 4 aromatic carbocycles. The first-order valence-electron chi connectivity index (χ1n) is 10.8. The Morgan fingerprint density at radius 1 is 0.765 bits per heavy atom. The van der Waals surface area contributed by atoms with Gasteiger partial charge >= 0.3 is 5.97 Å². The highest BCUT2D eigenvalue weighted by Gasteiger charge is 2.26. The summed E-state index contributed by atoms with van der Waals surface area (Å²) in [6.45, 7) is 0. The van der Waals surface area contributed by atoms with Gasteiger partial charge in [-0.3, -0.25) is 0 Å². The van der Waals surface area contributed by atoms with Crippen molar-refractivity contribution < 1.29 is 19.0 Å². The fourth-order valence-corrected chi connectivity index (χ4v) is 4.11. The molecule has 0 bridgehead atoms. The zero-order chi connectivity index (χ0) is 23.5. The fourth-order valence-electron chi connectivity index (χ4n) is 4.11. The van der Waals surface area contributed by atoms with Gasteiger partial charge in [0.2, 0.25) is 0 Å². The van der Waals surface area contributed by atoms with Gasteiger partial charge in [-0.15, -0.1) is 0 Å². The van der Waals surface area contributed by atoms with Gasteiger partial charge in [-0.25, -0.2) is 14.8 Å². The minimum Gasteiger partial charge on any atom is -0.493 e. The summed E-state index contributed by atoms with van der Waals surface area (Å²) in [5.41, 5.74) is 2.51. The molecule has 1 heterocycles. The summed E-state index contributed by atoms with van der Waals surface area (Å²) in [7, 11) is 3.15. The van der Waals surface area contributed by atoms with Gasteiger partial charge in [0.25, 0.3) is 0 Å². The molecule has 5 rings (SSSR count). The Bertz CT molecular complexity index is 1480. The van der Waals surface area contributed by atoms with Crippen LogP contribution < -0.4 is 9.47 Å². The van der Waals surface area contributed by atoms with E-state index in [-0.39, 0.29) is 0 Å². The third-order valence-electron chi connectivity index (χ3n) is 5.76. The Kier molecular flexibility index (Phi) is 5.79. The van der Waals surface area contributed by atoms with Gasteiger partial charge in [-0.1, -0.05) is 60.7 Å². The van der Waals surface area contributed by atoms with Crippen LogP contribution in [-0.4, -0.2) is 30.2 Å². The van der Waals surface area contributed by atoms with E-state index in [0.717, 1.165) is 16.3 Å². The van der Waals surface area contributed by atoms with Crippen LogP contribution in [0.2, 0.25) is 0 Å². The van der Waals surface area contributed by atoms with Gasteiger partial charge in [-0.2, -0.15) is 0 Å². The Hall–Kier alpha value is -4.45. The van der Waals surface area contributed by atoms with Crippen LogP contribution in [0.5, 0.6) is 11.5 Å². The van der Waals surface area contributed by atoms with Crippen molar-refractivity contribution >= 4 is 27.6 Å². The summed E-state index contributed by atoms with van der Waals surface area (Å²) < 4.78 is 17.1. The minimum atomic E-state index is -0.776. The van der Waals surface area contributed by atoms with Crippen molar-refractivity contribution in [2.75, 3.05) is 14.2 Å². The first kappa shape index (κ1) is 21.4.